The van der Waals surface area contributed by atoms with Crippen LogP contribution in [-0.2, 0) is 12.8 Å². The van der Waals surface area contributed by atoms with Gasteiger partial charge in [0.1, 0.15) is 5.00 Å². The van der Waals surface area contributed by atoms with Crippen LogP contribution >= 0.6 is 11.3 Å². The van der Waals surface area contributed by atoms with E-state index in [-0.39, 0.29) is 11.8 Å². The zero-order valence-corrected chi connectivity index (χ0v) is 17.4. The molecule has 3 aromatic rings. The number of thiophene rings is 1. The van der Waals surface area contributed by atoms with Gasteiger partial charge in [0.15, 0.2) is 0 Å². The summed E-state index contributed by atoms with van der Waals surface area (Å²) in [5.74, 6) is 0.279. The first-order valence-electron chi connectivity index (χ1n) is 9.90. The van der Waals surface area contributed by atoms with E-state index in [2.05, 4.69) is 17.6 Å². The van der Waals surface area contributed by atoms with Crippen molar-refractivity contribution in [3.63, 3.8) is 0 Å². The van der Waals surface area contributed by atoms with E-state index in [0.717, 1.165) is 36.0 Å². The molecule has 4 nitrogen and oxygen atoms in total. The third kappa shape index (κ3) is 3.96. The Hall–Kier alpha value is -2.92. The van der Waals surface area contributed by atoms with Crippen LogP contribution in [0.3, 0.4) is 0 Å². The third-order valence-corrected chi connectivity index (χ3v) is 6.62. The largest absolute Gasteiger partial charge is 0.355 e. The quantitative estimate of drug-likeness (QED) is 0.632. The summed E-state index contributed by atoms with van der Waals surface area (Å²) in [7, 11) is 1.63. The van der Waals surface area contributed by atoms with E-state index in [1.54, 1.807) is 7.05 Å². The number of amides is 2. The minimum atomic E-state index is -0.193. The van der Waals surface area contributed by atoms with Crippen LogP contribution in [0, 0.1) is 5.92 Å². The van der Waals surface area contributed by atoms with Crippen molar-refractivity contribution >= 4 is 28.2 Å². The summed E-state index contributed by atoms with van der Waals surface area (Å²) in [5.41, 5.74) is 4.48. The lowest BCUT2D eigenvalue weighted by atomic mass is 9.88. The Bertz CT molecular complexity index is 1040. The Morgan fingerprint density at radius 3 is 2.34 bits per heavy atom. The smallest absolute Gasteiger partial charge is 0.256 e. The first-order valence-corrected chi connectivity index (χ1v) is 10.7. The molecule has 0 unspecified atom stereocenters. The normalized spacial score (nSPS) is 15.4. The maximum atomic E-state index is 12.9. The Balaban J connectivity index is 1.59. The second-order valence-electron chi connectivity index (χ2n) is 7.53. The monoisotopic (exact) mass is 404 g/mol. The van der Waals surface area contributed by atoms with E-state index in [1.807, 2.05) is 54.6 Å². The molecule has 0 saturated heterocycles. The van der Waals surface area contributed by atoms with E-state index in [1.165, 1.54) is 16.2 Å². The number of nitrogens with one attached hydrogen (secondary N) is 2. The number of anilines is 1. The molecule has 0 radical (unpaired) electrons. The van der Waals surface area contributed by atoms with Crippen LogP contribution in [0.2, 0.25) is 0 Å². The minimum absolute atomic E-state index is 0.133. The number of hydrogen-bond acceptors (Lipinski definition) is 3. The summed E-state index contributed by atoms with van der Waals surface area (Å²) >= 11 is 1.54. The zero-order chi connectivity index (χ0) is 20.4. The Morgan fingerprint density at radius 2 is 1.66 bits per heavy atom. The second-order valence-corrected chi connectivity index (χ2v) is 8.64. The van der Waals surface area contributed by atoms with Gasteiger partial charge in [0, 0.05) is 17.5 Å². The molecule has 5 heteroatoms. The maximum absolute atomic E-state index is 12.9. The van der Waals surface area contributed by atoms with Crippen molar-refractivity contribution in [1.82, 2.24) is 5.32 Å². The highest BCUT2D eigenvalue weighted by molar-refractivity contribution is 7.17. The summed E-state index contributed by atoms with van der Waals surface area (Å²) in [6.07, 6.45) is 2.92. The molecular weight excluding hydrogens is 380 g/mol. The third-order valence-electron chi connectivity index (χ3n) is 5.45. The Kier molecular flexibility index (Phi) is 5.49. The molecule has 1 heterocycles. The fraction of sp³-hybridized carbons (Fsp3) is 0.250. The van der Waals surface area contributed by atoms with Crippen molar-refractivity contribution in [2.24, 2.45) is 5.92 Å². The standard InChI is InChI=1S/C24H24N2O2S/c1-15-8-13-19-20(14-15)29-24(21(19)23(28)25-2)26-22(27)18-11-9-17(10-12-18)16-6-4-3-5-7-16/h3-7,9-12,15H,8,13-14H2,1-2H3,(H,25,28)(H,26,27)/t15-/m0/s1. The van der Waals surface area contributed by atoms with Crippen LogP contribution in [-0.4, -0.2) is 18.9 Å². The average Bonchev–Trinajstić information content (AvgIpc) is 3.10. The van der Waals surface area contributed by atoms with Crippen molar-refractivity contribution < 1.29 is 9.59 Å². The summed E-state index contributed by atoms with van der Waals surface area (Å²) in [4.78, 5) is 26.6. The fourth-order valence-electron chi connectivity index (χ4n) is 3.82. The van der Waals surface area contributed by atoms with Gasteiger partial charge in [-0.15, -0.1) is 11.3 Å². The maximum Gasteiger partial charge on any atom is 0.256 e. The van der Waals surface area contributed by atoms with E-state index < -0.39 is 0 Å². The van der Waals surface area contributed by atoms with Crippen LogP contribution in [0.25, 0.3) is 11.1 Å². The van der Waals surface area contributed by atoms with Crippen LogP contribution in [0.5, 0.6) is 0 Å². The topological polar surface area (TPSA) is 58.2 Å². The van der Waals surface area contributed by atoms with Crippen LogP contribution in [0.4, 0.5) is 5.00 Å². The molecule has 0 fully saturated rings. The molecule has 2 amide bonds. The molecule has 4 rings (SSSR count). The Morgan fingerprint density at radius 1 is 0.966 bits per heavy atom. The van der Waals surface area contributed by atoms with Gasteiger partial charge in [-0.05, 0) is 54.0 Å². The summed E-state index contributed by atoms with van der Waals surface area (Å²) in [6, 6.07) is 17.6. The fourth-order valence-corrected chi connectivity index (χ4v) is 5.23. The molecule has 1 atom stereocenters. The van der Waals surface area contributed by atoms with Gasteiger partial charge in [0.05, 0.1) is 5.56 Å². The van der Waals surface area contributed by atoms with E-state index in [0.29, 0.717) is 22.0 Å². The highest BCUT2D eigenvalue weighted by Crippen LogP contribution is 2.39. The molecule has 0 bridgehead atoms. The van der Waals surface area contributed by atoms with Crippen molar-refractivity contribution in [3.05, 3.63) is 76.2 Å². The lowest BCUT2D eigenvalue weighted by Gasteiger charge is -2.18. The number of carbonyl (C=O) groups excluding carboxylic acids is 2. The molecule has 0 saturated carbocycles. The molecule has 1 aliphatic carbocycles. The summed E-state index contributed by atoms with van der Waals surface area (Å²) < 4.78 is 0. The van der Waals surface area contributed by atoms with Gasteiger partial charge in [-0.2, -0.15) is 0 Å². The number of hydrogen-bond donors (Lipinski definition) is 2. The number of benzene rings is 2. The summed E-state index contributed by atoms with van der Waals surface area (Å²) in [6.45, 7) is 2.23. The number of carbonyl (C=O) groups is 2. The highest BCUT2D eigenvalue weighted by Gasteiger charge is 2.28. The van der Waals surface area contributed by atoms with Gasteiger partial charge < -0.3 is 10.6 Å². The highest BCUT2D eigenvalue weighted by atomic mass is 32.1. The first kappa shape index (κ1) is 19.4. The predicted octanol–water partition coefficient (Wildman–Crippen LogP) is 5.15. The molecule has 2 aromatic carbocycles. The van der Waals surface area contributed by atoms with E-state index in [4.69, 9.17) is 0 Å². The molecular formula is C24H24N2O2S. The molecule has 29 heavy (non-hydrogen) atoms. The zero-order valence-electron chi connectivity index (χ0n) is 16.6. The van der Waals surface area contributed by atoms with Crippen LogP contribution in [0.15, 0.2) is 54.6 Å². The second kappa shape index (κ2) is 8.21. The molecule has 148 valence electrons. The molecule has 1 aromatic heterocycles. The van der Waals surface area contributed by atoms with Crippen LogP contribution in [0.1, 0.15) is 44.5 Å². The number of fused-ring (bicyclic) bond motifs is 1. The van der Waals surface area contributed by atoms with Crippen molar-refractivity contribution in [3.8, 4) is 11.1 Å². The van der Waals surface area contributed by atoms with Gasteiger partial charge in [-0.25, -0.2) is 0 Å². The van der Waals surface area contributed by atoms with E-state index in [9.17, 15) is 9.59 Å². The minimum Gasteiger partial charge on any atom is -0.355 e. The van der Waals surface area contributed by atoms with Gasteiger partial charge in [0.2, 0.25) is 0 Å². The first-order chi connectivity index (χ1) is 14.1. The molecule has 0 aliphatic heterocycles. The van der Waals surface area contributed by atoms with Crippen molar-refractivity contribution in [2.75, 3.05) is 12.4 Å². The molecule has 1 aliphatic rings. The van der Waals surface area contributed by atoms with Crippen molar-refractivity contribution in [1.29, 1.82) is 0 Å². The van der Waals surface area contributed by atoms with Crippen molar-refractivity contribution in [2.45, 2.75) is 26.2 Å². The Labute approximate surface area is 175 Å². The molecule has 0 spiro atoms. The van der Waals surface area contributed by atoms with Gasteiger partial charge in [0.25, 0.3) is 11.8 Å². The van der Waals surface area contributed by atoms with Gasteiger partial charge in [-0.3, -0.25) is 9.59 Å². The van der Waals surface area contributed by atoms with Gasteiger partial charge in [-0.1, -0.05) is 49.4 Å². The van der Waals surface area contributed by atoms with Crippen LogP contribution < -0.4 is 10.6 Å². The predicted molar refractivity (Wildman–Crippen MR) is 119 cm³/mol. The average molecular weight is 405 g/mol. The van der Waals surface area contributed by atoms with Gasteiger partial charge >= 0.3 is 0 Å². The SMILES string of the molecule is CNC(=O)c1c(NC(=O)c2ccc(-c3ccccc3)cc2)sc2c1CC[C@H](C)C2. The lowest BCUT2D eigenvalue weighted by molar-refractivity contribution is 0.0963. The number of rotatable bonds is 4. The van der Waals surface area contributed by atoms with E-state index >= 15 is 0 Å². The summed E-state index contributed by atoms with van der Waals surface area (Å²) in [5, 5.41) is 6.37. The molecule has 2 N–H and O–H groups in total. The lowest BCUT2D eigenvalue weighted by Crippen LogP contribution is -2.22.